The second-order valence-electron chi connectivity index (χ2n) is 13.4. The van der Waals surface area contributed by atoms with Gasteiger partial charge in [0.2, 0.25) is 0 Å². The third-order valence-electron chi connectivity index (χ3n) is 10.1. The van der Waals surface area contributed by atoms with Crippen molar-refractivity contribution in [2.75, 3.05) is 5.75 Å². The van der Waals surface area contributed by atoms with Crippen molar-refractivity contribution in [3.63, 3.8) is 0 Å². The van der Waals surface area contributed by atoms with Crippen molar-refractivity contribution < 1.29 is 0 Å². The van der Waals surface area contributed by atoms with Crippen LogP contribution in [0, 0.1) is 23.7 Å². The summed E-state index contributed by atoms with van der Waals surface area (Å²) in [4.78, 5) is 0. The first-order valence-electron chi connectivity index (χ1n) is 18.4. The summed E-state index contributed by atoms with van der Waals surface area (Å²) in [5.74, 6) is 5.26. The minimum Gasteiger partial charge on any atom is -0.179 e. The zero-order chi connectivity index (χ0) is 27.5. The number of hydrogen-bond donors (Lipinski definition) is 1. The maximum atomic E-state index is 4.43. The lowest BCUT2D eigenvalue weighted by Gasteiger charge is -2.44. The van der Waals surface area contributed by atoms with Gasteiger partial charge in [0.05, 0.1) is 0 Å². The van der Waals surface area contributed by atoms with E-state index in [4.69, 9.17) is 0 Å². The highest BCUT2D eigenvalue weighted by Gasteiger charge is 2.37. The van der Waals surface area contributed by atoms with E-state index < -0.39 is 0 Å². The minimum absolute atomic E-state index is 1.05. The standard InChI is InChI=1S/C37H74S/c1-4-7-10-13-15-19-24-29-36-35(28-23-18-14-11-8-5-2)32-31-34(27-22-17-12-9-6-3)37(36)30-25-20-16-21-26-33-38/h34-38H,4-33H2,1-3H3. The molecule has 0 aromatic carbocycles. The van der Waals surface area contributed by atoms with Gasteiger partial charge in [0.15, 0.2) is 0 Å². The molecule has 0 aromatic heterocycles. The van der Waals surface area contributed by atoms with Gasteiger partial charge in [0.1, 0.15) is 0 Å². The quantitative estimate of drug-likeness (QED) is 0.0726. The molecule has 228 valence electrons. The molecule has 1 heteroatoms. The first kappa shape index (κ1) is 36.4. The largest absolute Gasteiger partial charge is 0.179 e. The molecular weight excluding hydrogens is 476 g/mol. The molecule has 4 unspecified atom stereocenters. The maximum absolute atomic E-state index is 4.43. The normalized spacial score (nSPS) is 21.8. The Morgan fingerprint density at radius 1 is 0.368 bits per heavy atom. The molecule has 0 aromatic rings. The van der Waals surface area contributed by atoms with Gasteiger partial charge in [-0.1, -0.05) is 175 Å². The second kappa shape index (κ2) is 27.5. The van der Waals surface area contributed by atoms with Crippen molar-refractivity contribution in [2.24, 2.45) is 23.7 Å². The Balaban J connectivity index is 2.71. The molecule has 0 saturated heterocycles. The lowest BCUT2D eigenvalue weighted by molar-refractivity contribution is 0.0581. The average molecular weight is 551 g/mol. The molecule has 1 fully saturated rings. The predicted octanol–water partition coefficient (Wildman–Crippen LogP) is 13.8. The van der Waals surface area contributed by atoms with Crippen LogP contribution < -0.4 is 0 Å². The van der Waals surface area contributed by atoms with Gasteiger partial charge in [-0.25, -0.2) is 0 Å². The number of rotatable bonds is 28. The van der Waals surface area contributed by atoms with Crippen LogP contribution >= 0.6 is 12.6 Å². The van der Waals surface area contributed by atoms with Crippen LogP contribution in [0.3, 0.4) is 0 Å². The van der Waals surface area contributed by atoms with E-state index in [0.717, 1.165) is 29.4 Å². The van der Waals surface area contributed by atoms with Crippen LogP contribution in [0.1, 0.15) is 207 Å². The minimum atomic E-state index is 1.05. The van der Waals surface area contributed by atoms with Crippen LogP contribution in [-0.4, -0.2) is 5.75 Å². The molecule has 1 aliphatic carbocycles. The summed E-state index contributed by atoms with van der Waals surface area (Å²) in [6.07, 6.45) is 42.8. The molecule has 0 bridgehead atoms. The number of thiol groups is 1. The topological polar surface area (TPSA) is 0 Å². The molecule has 0 heterocycles. The Morgan fingerprint density at radius 3 is 1.00 bits per heavy atom. The summed E-state index contributed by atoms with van der Waals surface area (Å²) < 4.78 is 0. The van der Waals surface area contributed by atoms with Crippen LogP contribution in [-0.2, 0) is 0 Å². The first-order chi connectivity index (χ1) is 18.8. The monoisotopic (exact) mass is 551 g/mol. The van der Waals surface area contributed by atoms with Gasteiger partial charge in [-0.3, -0.25) is 0 Å². The molecular formula is C37H74S. The fourth-order valence-corrected chi connectivity index (χ4v) is 7.95. The van der Waals surface area contributed by atoms with Crippen molar-refractivity contribution in [3.8, 4) is 0 Å². The highest BCUT2D eigenvalue weighted by molar-refractivity contribution is 7.80. The first-order valence-corrected chi connectivity index (χ1v) is 19.0. The van der Waals surface area contributed by atoms with Crippen molar-refractivity contribution in [1.29, 1.82) is 0 Å². The van der Waals surface area contributed by atoms with E-state index in [0.29, 0.717) is 0 Å². The van der Waals surface area contributed by atoms with Crippen LogP contribution in [0.4, 0.5) is 0 Å². The Kier molecular flexibility index (Phi) is 26.3. The smallest absolute Gasteiger partial charge is 0.00979 e. The maximum Gasteiger partial charge on any atom is -0.00979 e. The van der Waals surface area contributed by atoms with Crippen molar-refractivity contribution >= 4 is 12.6 Å². The molecule has 1 saturated carbocycles. The van der Waals surface area contributed by atoms with Crippen molar-refractivity contribution in [1.82, 2.24) is 0 Å². The van der Waals surface area contributed by atoms with Crippen LogP contribution in [0.25, 0.3) is 0 Å². The lowest BCUT2D eigenvalue weighted by atomic mass is 9.61. The van der Waals surface area contributed by atoms with Gasteiger partial charge in [0, 0.05) is 0 Å². The van der Waals surface area contributed by atoms with Crippen LogP contribution in [0.15, 0.2) is 0 Å². The predicted molar refractivity (Wildman–Crippen MR) is 179 cm³/mol. The molecule has 0 N–H and O–H groups in total. The van der Waals surface area contributed by atoms with Gasteiger partial charge in [0.25, 0.3) is 0 Å². The van der Waals surface area contributed by atoms with Crippen LogP contribution in [0.5, 0.6) is 0 Å². The van der Waals surface area contributed by atoms with Gasteiger partial charge >= 0.3 is 0 Å². The summed E-state index contributed by atoms with van der Waals surface area (Å²) in [6, 6.07) is 0. The third-order valence-corrected chi connectivity index (χ3v) is 10.4. The molecule has 38 heavy (non-hydrogen) atoms. The molecule has 0 radical (unpaired) electrons. The van der Waals surface area contributed by atoms with Gasteiger partial charge < -0.3 is 0 Å². The third kappa shape index (κ3) is 18.7. The Bertz CT molecular complexity index is 460. The van der Waals surface area contributed by atoms with Gasteiger partial charge in [-0.2, -0.15) is 12.6 Å². The fourth-order valence-electron chi connectivity index (χ4n) is 7.73. The van der Waals surface area contributed by atoms with E-state index in [9.17, 15) is 0 Å². The average Bonchev–Trinajstić information content (AvgIpc) is 2.93. The summed E-state index contributed by atoms with van der Waals surface area (Å²) in [7, 11) is 0. The van der Waals surface area contributed by atoms with Gasteiger partial charge in [-0.15, -0.1) is 0 Å². The zero-order valence-electron chi connectivity index (χ0n) is 27.0. The summed E-state index contributed by atoms with van der Waals surface area (Å²) in [6.45, 7) is 7.04. The van der Waals surface area contributed by atoms with E-state index in [-0.39, 0.29) is 0 Å². The second-order valence-corrected chi connectivity index (χ2v) is 13.8. The molecule has 4 atom stereocenters. The lowest BCUT2D eigenvalue weighted by Crippen LogP contribution is -2.35. The number of hydrogen-bond acceptors (Lipinski definition) is 1. The highest BCUT2D eigenvalue weighted by atomic mass is 32.1. The Hall–Kier alpha value is 0.350. The Morgan fingerprint density at radius 2 is 0.658 bits per heavy atom. The van der Waals surface area contributed by atoms with Crippen molar-refractivity contribution in [2.45, 2.75) is 207 Å². The van der Waals surface area contributed by atoms with E-state index in [1.807, 2.05) is 0 Å². The van der Waals surface area contributed by atoms with Crippen LogP contribution in [0.2, 0.25) is 0 Å². The Labute approximate surface area is 248 Å². The number of unbranched alkanes of at least 4 members (excludes halogenated alkanes) is 19. The highest BCUT2D eigenvalue weighted by Crippen LogP contribution is 2.47. The zero-order valence-corrected chi connectivity index (χ0v) is 27.9. The molecule has 0 spiro atoms. The van der Waals surface area contributed by atoms with E-state index >= 15 is 0 Å². The fraction of sp³-hybridized carbons (Fsp3) is 1.00. The molecule has 0 nitrogen and oxygen atoms in total. The molecule has 0 aliphatic heterocycles. The molecule has 1 aliphatic rings. The van der Waals surface area contributed by atoms with E-state index in [2.05, 4.69) is 33.4 Å². The molecule has 1 rings (SSSR count). The summed E-state index contributed by atoms with van der Waals surface area (Å²) >= 11 is 4.43. The van der Waals surface area contributed by atoms with E-state index in [1.165, 1.54) is 148 Å². The summed E-state index contributed by atoms with van der Waals surface area (Å²) in [5, 5.41) is 0. The SMILES string of the molecule is CCCCCCCCCC1C(CCCCCCCC)CCC(CCCCCCC)C1CCCCCCCS. The van der Waals surface area contributed by atoms with E-state index in [1.54, 1.807) is 38.5 Å². The van der Waals surface area contributed by atoms with Gasteiger partial charge in [-0.05, 0) is 61.5 Å². The molecule has 0 amide bonds. The summed E-state index contributed by atoms with van der Waals surface area (Å²) in [5.41, 5.74) is 0. The van der Waals surface area contributed by atoms with Crippen molar-refractivity contribution in [3.05, 3.63) is 0 Å².